The summed E-state index contributed by atoms with van der Waals surface area (Å²) in [6.45, 7) is 0. The summed E-state index contributed by atoms with van der Waals surface area (Å²) in [5.74, 6) is -0.464. The van der Waals surface area contributed by atoms with Crippen LogP contribution in [0.4, 0.5) is 0 Å². The Morgan fingerprint density at radius 3 is 2.93 bits per heavy atom. The van der Waals surface area contributed by atoms with Gasteiger partial charge in [0.1, 0.15) is 0 Å². The molecule has 0 aliphatic carbocycles. The van der Waals surface area contributed by atoms with Crippen molar-refractivity contribution < 1.29 is 9.53 Å². The SMILES string of the molecule is COC(=O)C=Cc1cc(C#N)ccc1Cl. The number of ether oxygens (including phenoxy) is 1. The summed E-state index contributed by atoms with van der Waals surface area (Å²) < 4.78 is 4.43. The standard InChI is InChI=1S/C11H8ClNO2/c1-15-11(14)5-3-9-6-8(7-13)2-4-10(9)12/h2-6H,1H3. The largest absolute Gasteiger partial charge is 0.466 e. The van der Waals surface area contributed by atoms with E-state index in [0.29, 0.717) is 16.1 Å². The van der Waals surface area contributed by atoms with Crippen molar-refractivity contribution in [3.8, 4) is 6.07 Å². The van der Waals surface area contributed by atoms with Crippen molar-refractivity contribution >= 4 is 23.6 Å². The average molecular weight is 222 g/mol. The van der Waals surface area contributed by atoms with Crippen LogP contribution in [0.1, 0.15) is 11.1 Å². The predicted molar refractivity (Wildman–Crippen MR) is 57.2 cm³/mol. The van der Waals surface area contributed by atoms with Gasteiger partial charge in [0.25, 0.3) is 0 Å². The number of hydrogen-bond acceptors (Lipinski definition) is 3. The highest BCUT2D eigenvalue weighted by Crippen LogP contribution is 2.18. The zero-order valence-corrected chi connectivity index (χ0v) is 8.78. The van der Waals surface area contributed by atoms with E-state index in [9.17, 15) is 4.79 Å². The van der Waals surface area contributed by atoms with Crippen molar-refractivity contribution in [2.45, 2.75) is 0 Å². The Labute approximate surface area is 92.5 Å². The van der Waals surface area contributed by atoms with Crippen LogP contribution in [0.2, 0.25) is 5.02 Å². The molecule has 4 heteroatoms. The van der Waals surface area contributed by atoms with Gasteiger partial charge >= 0.3 is 5.97 Å². The number of methoxy groups -OCH3 is 1. The maximum absolute atomic E-state index is 10.8. The van der Waals surface area contributed by atoms with Gasteiger partial charge in [-0.05, 0) is 29.8 Å². The topological polar surface area (TPSA) is 50.1 Å². The minimum absolute atomic E-state index is 0.464. The second-order valence-corrected chi connectivity index (χ2v) is 3.11. The molecule has 0 unspecified atom stereocenters. The molecule has 1 aromatic rings. The molecular weight excluding hydrogens is 214 g/mol. The predicted octanol–water partition coefficient (Wildman–Crippen LogP) is 2.40. The smallest absolute Gasteiger partial charge is 0.330 e. The zero-order valence-electron chi connectivity index (χ0n) is 8.03. The molecule has 0 heterocycles. The Kier molecular flexibility index (Phi) is 3.90. The van der Waals surface area contributed by atoms with Gasteiger partial charge < -0.3 is 4.74 Å². The highest BCUT2D eigenvalue weighted by Gasteiger charge is 1.99. The van der Waals surface area contributed by atoms with Crippen LogP contribution in [0.5, 0.6) is 0 Å². The molecule has 0 aliphatic heterocycles. The molecule has 0 fully saturated rings. The van der Waals surface area contributed by atoms with Gasteiger partial charge in [0.05, 0.1) is 18.7 Å². The number of carbonyl (C=O) groups is 1. The first-order valence-corrected chi connectivity index (χ1v) is 4.51. The van der Waals surface area contributed by atoms with E-state index in [0.717, 1.165) is 0 Å². The molecule has 0 aromatic heterocycles. The summed E-state index contributed by atoms with van der Waals surface area (Å²) >= 11 is 5.87. The van der Waals surface area contributed by atoms with Crippen molar-refractivity contribution in [2.75, 3.05) is 7.11 Å². The van der Waals surface area contributed by atoms with Gasteiger partial charge in [-0.3, -0.25) is 0 Å². The van der Waals surface area contributed by atoms with Crippen molar-refractivity contribution in [3.05, 3.63) is 40.4 Å². The lowest BCUT2D eigenvalue weighted by Crippen LogP contribution is -1.93. The molecule has 3 nitrogen and oxygen atoms in total. The Morgan fingerprint density at radius 1 is 1.60 bits per heavy atom. The molecule has 0 amide bonds. The fourth-order valence-corrected chi connectivity index (χ4v) is 1.15. The maximum Gasteiger partial charge on any atom is 0.330 e. The first-order valence-electron chi connectivity index (χ1n) is 4.13. The van der Waals surface area contributed by atoms with Gasteiger partial charge in [0.15, 0.2) is 0 Å². The summed E-state index contributed by atoms with van der Waals surface area (Å²) in [4.78, 5) is 10.8. The van der Waals surface area contributed by atoms with Crippen LogP contribution in [-0.2, 0) is 9.53 Å². The number of halogens is 1. The summed E-state index contributed by atoms with van der Waals surface area (Å²) in [6, 6.07) is 6.80. The molecule has 0 bridgehead atoms. The van der Waals surface area contributed by atoms with E-state index >= 15 is 0 Å². The van der Waals surface area contributed by atoms with Crippen LogP contribution in [0.15, 0.2) is 24.3 Å². The first kappa shape index (κ1) is 11.3. The molecule has 0 N–H and O–H groups in total. The number of benzene rings is 1. The Balaban J connectivity index is 2.99. The Morgan fingerprint density at radius 2 is 2.33 bits per heavy atom. The van der Waals surface area contributed by atoms with Crippen molar-refractivity contribution in [3.63, 3.8) is 0 Å². The quantitative estimate of drug-likeness (QED) is 0.569. The van der Waals surface area contributed by atoms with Gasteiger partial charge in [0.2, 0.25) is 0 Å². The van der Waals surface area contributed by atoms with Crippen LogP contribution >= 0.6 is 11.6 Å². The minimum atomic E-state index is -0.464. The molecule has 0 saturated carbocycles. The zero-order chi connectivity index (χ0) is 11.3. The number of nitriles is 1. The lowest BCUT2D eigenvalue weighted by molar-refractivity contribution is -0.134. The lowest BCUT2D eigenvalue weighted by atomic mass is 10.1. The van der Waals surface area contributed by atoms with Crippen LogP contribution in [-0.4, -0.2) is 13.1 Å². The van der Waals surface area contributed by atoms with Crippen molar-refractivity contribution in [1.82, 2.24) is 0 Å². The summed E-state index contributed by atoms with van der Waals surface area (Å²) in [5, 5.41) is 9.15. The van der Waals surface area contributed by atoms with Gasteiger partial charge in [0, 0.05) is 11.1 Å². The Bertz CT molecular complexity index is 446. The van der Waals surface area contributed by atoms with Gasteiger partial charge in [-0.1, -0.05) is 11.6 Å². The molecule has 15 heavy (non-hydrogen) atoms. The highest BCUT2D eigenvalue weighted by molar-refractivity contribution is 6.32. The molecule has 1 rings (SSSR count). The van der Waals surface area contributed by atoms with E-state index in [1.54, 1.807) is 18.2 Å². The Hall–Kier alpha value is -1.79. The number of esters is 1. The third-order valence-corrected chi connectivity index (χ3v) is 2.07. The van der Waals surface area contributed by atoms with Crippen LogP contribution in [0, 0.1) is 11.3 Å². The molecule has 0 saturated heterocycles. The molecule has 0 atom stereocenters. The van der Waals surface area contributed by atoms with Crippen LogP contribution in [0.25, 0.3) is 6.08 Å². The van der Waals surface area contributed by atoms with E-state index in [-0.39, 0.29) is 0 Å². The molecule has 0 aliphatic rings. The van der Waals surface area contributed by atoms with E-state index in [1.165, 1.54) is 19.3 Å². The molecule has 76 valence electrons. The maximum atomic E-state index is 10.8. The number of rotatable bonds is 2. The fraction of sp³-hybridized carbons (Fsp3) is 0.0909. The highest BCUT2D eigenvalue weighted by atomic mass is 35.5. The van der Waals surface area contributed by atoms with E-state index in [2.05, 4.69) is 4.74 Å². The molecule has 0 spiro atoms. The van der Waals surface area contributed by atoms with Crippen LogP contribution < -0.4 is 0 Å². The van der Waals surface area contributed by atoms with Crippen molar-refractivity contribution in [2.24, 2.45) is 0 Å². The van der Waals surface area contributed by atoms with E-state index in [4.69, 9.17) is 16.9 Å². The van der Waals surface area contributed by atoms with E-state index < -0.39 is 5.97 Å². The lowest BCUT2D eigenvalue weighted by Gasteiger charge is -1.98. The minimum Gasteiger partial charge on any atom is -0.466 e. The number of hydrogen-bond donors (Lipinski definition) is 0. The van der Waals surface area contributed by atoms with E-state index in [1.807, 2.05) is 6.07 Å². The van der Waals surface area contributed by atoms with Gasteiger partial charge in [-0.2, -0.15) is 5.26 Å². The number of nitrogens with zero attached hydrogens (tertiary/aromatic N) is 1. The monoisotopic (exact) mass is 221 g/mol. The first-order chi connectivity index (χ1) is 7.17. The summed E-state index contributed by atoms with van der Waals surface area (Å²) in [5.41, 5.74) is 1.10. The fourth-order valence-electron chi connectivity index (χ4n) is 0.967. The third-order valence-electron chi connectivity index (χ3n) is 1.73. The molecule has 1 aromatic carbocycles. The van der Waals surface area contributed by atoms with Gasteiger partial charge in [-0.25, -0.2) is 4.79 Å². The number of carbonyl (C=O) groups excluding carboxylic acids is 1. The molecular formula is C11H8ClNO2. The summed E-state index contributed by atoms with van der Waals surface area (Å²) in [7, 11) is 1.29. The molecule has 0 radical (unpaired) electrons. The average Bonchev–Trinajstić information content (AvgIpc) is 2.27. The van der Waals surface area contributed by atoms with Crippen LogP contribution in [0.3, 0.4) is 0 Å². The van der Waals surface area contributed by atoms with Crippen molar-refractivity contribution in [1.29, 1.82) is 5.26 Å². The summed E-state index contributed by atoms with van der Waals surface area (Å²) in [6.07, 6.45) is 2.76. The second kappa shape index (κ2) is 5.18. The third kappa shape index (κ3) is 3.12. The normalized spacial score (nSPS) is 9.93. The van der Waals surface area contributed by atoms with Gasteiger partial charge in [-0.15, -0.1) is 0 Å². The second-order valence-electron chi connectivity index (χ2n) is 2.70.